The summed E-state index contributed by atoms with van der Waals surface area (Å²) in [5.41, 5.74) is 1.16. The van der Waals surface area contributed by atoms with Crippen LogP contribution in [0.5, 0.6) is 0 Å². The molecule has 1 aromatic carbocycles. The van der Waals surface area contributed by atoms with Crippen molar-refractivity contribution < 1.29 is 0 Å². The predicted octanol–water partition coefficient (Wildman–Crippen LogP) is 4.05. The summed E-state index contributed by atoms with van der Waals surface area (Å²) >= 11 is 11.8. The first-order chi connectivity index (χ1) is 6.50. The number of halogens is 2. The molecular formula is C11H15Cl2N. The summed E-state index contributed by atoms with van der Waals surface area (Å²) < 4.78 is 0. The Kier molecular flexibility index (Phi) is 4.24. The summed E-state index contributed by atoms with van der Waals surface area (Å²) in [5.74, 6) is 0. The van der Waals surface area contributed by atoms with E-state index in [0.29, 0.717) is 22.1 Å². The molecule has 0 bridgehead atoms. The van der Waals surface area contributed by atoms with Gasteiger partial charge in [-0.15, -0.1) is 0 Å². The van der Waals surface area contributed by atoms with Gasteiger partial charge in [-0.05, 0) is 24.6 Å². The molecule has 0 aromatic heterocycles. The lowest BCUT2D eigenvalue weighted by Gasteiger charge is -2.17. The zero-order chi connectivity index (χ0) is 10.7. The lowest BCUT2D eigenvalue weighted by molar-refractivity contribution is 0.506. The van der Waals surface area contributed by atoms with Gasteiger partial charge in [-0.2, -0.15) is 0 Å². The molecular weight excluding hydrogens is 217 g/mol. The molecule has 1 aromatic rings. The molecule has 1 N–H and O–H groups in total. The molecule has 14 heavy (non-hydrogen) atoms. The molecule has 78 valence electrons. The molecule has 0 heterocycles. The zero-order valence-electron chi connectivity index (χ0n) is 8.64. The molecule has 0 saturated heterocycles. The van der Waals surface area contributed by atoms with Gasteiger partial charge in [0, 0.05) is 12.1 Å². The molecule has 0 radical (unpaired) electrons. The smallest absolute Gasteiger partial charge is 0.0595 e. The van der Waals surface area contributed by atoms with E-state index in [-0.39, 0.29) is 0 Å². The molecule has 0 fully saturated rings. The maximum atomic E-state index is 5.93. The topological polar surface area (TPSA) is 12.0 Å². The van der Waals surface area contributed by atoms with Crippen LogP contribution in [0.4, 0.5) is 0 Å². The van der Waals surface area contributed by atoms with E-state index in [2.05, 4.69) is 26.1 Å². The second-order valence-corrected chi connectivity index (χ2v) is 4.53. The Morgan fingerprint density at radius 2 is 1.71 bits per heavy atom. The van der Waals surface area contributed by atoms with Gasteiger partial charge >= 0.3 is 0 Å². The number of hydrogen-bond donors (Lipinski definition) is 1. The van der Waals surface area contributed by atoms with E-state index >= 15 is 0 Å². The summed E-state index contributed by atoms with van der Waals surface area (Å²) in [6.45, 7) is 6.35. The molecule has 0 amide bonds. The van der Waals surface area contributed by atoms with Crippen molar-refractivity contribution in [1.29, 1.82) is 0 Å². The van der Waals surface area contributed by atoms with Gasteiger partial charge in [0.05, 0.1) is 10.0 Å². The average molecular weight is 232 g/mol. The monoisotopic (exact) mass is 231 g/mol. The Balaban J connectivity index is 2.80. The minimum absolute atomic E-state index is 0.296. The van der Waals surface area contributed by atoms with Crippen LogP contribution in [0.1, 0.15) is 32.4 Å². The minimum atomic E-state index is 0.296. The second-order valence-electron chi connectivity index (χ2n) is 3.72. The molecule has 0 aliphatic carbocycles. The van der Waals surface area contributed by atoms with Crippen LogP contribution >= 0.6 is 23.2 Å². The first-order valence-electron chi connectivity index (χ1n) is 4.71. The van der Waals surface area contributed by atoms with Gasteiger partial charge in [-0.3, -0.25) is 0 Å². The summed E-state index contributed by atoms with van der Waals surface area (Å²) in [4.78, 5) is 0. The fraction of sp³-hybridized carbons (Fsp3) is 0.455. The molecule has 1 nitrogen and oxygen atoms in total. The Morgan fingerprint density at radius 1 is 1.07 bits per heavy atom. The first-order valence-corrected chi connectivity index (χ1v) is 5.47. The van der Waals surface area contributed by atoms with Gasteiger partial charge in [0.15, 0.2) is 0 Å². The Bertz CT molecular complexity index is 310. The second kappa shape index (κ2) is 5.01. The lowest BCUT2D eigenvalue weighted by atomic mass is 10.1. The molecule has 1 atom stereocenters. The largest absolute Gasteiger partial charge is 0.308 e. The van der Waals surface area contributed by atoms with E-state index in [4.69, 9.17) is 23.2 Å². The van der Waals surface area contributed by atoms with Crippen LogP contribution in [0.3, 0.4) is 0 Å². The molecule has 0 spiro atoms. The summed E-state index contributed by atoms with van der Waals surface area (Å²) in [7, 11) is 0. The third-order valence-electron chi connectivity index (χ3n) is 2.03. The quantitative estimate of drug-likeness (QED) is 0.828. The number of nitrogens with one attached hydrogen (secondary N) is 1. The van der Waals surface area contributed by atoms with E-state index in [1.807, 2.05) is 18.2 Å². The Hall–Kier alpha value is -0.240. The maximum Gasteiger partial charge on any atom is 0.0595 e. The van der Waals surface area contributed by atoms with Gasteiger partial charge in [0.1, 0.15) is 0 Å². The van der Waals surface area contributed by atoms with Crippen LogP contribution in [0, 0.1) is 0 Å². The predicted molar refractivity (Wildman–Crippen MR) is 63.1 cm³/mol. The summed E-state index contributed by atoms with van der Waals surface area (Å²) in [6.07, 6.45) is 0. The van der Waals surface area contributed by atoms with Crippen molar-refractivity contribution in [2.75, 3.05) is 0 Å². The van der Waals surface area contributed by atoms with E-state index in [1.54, 1.807) is 0 Å². The van der Waals surface area contributed by atoms with Gasteiger partial charge in [0.25, 0.3) is 0 Å². The number of rotatable bonds is 3. The average Bonchev–Trinajstić information content (AvgIpc) is 2.08. The van der Waals surface area contributed by atoms with Crippen molar-refractivity contribution >= 4 is 23.2 Å². The van der Waals surface area contributed by atoms with E-state index < -0.39 is 0 Å². The van der Waals surface area contributed by atoms with Crippen LogP contribution in [0.15, 0.2) is 18.2 Å². The SMILES string of the molecule is CC(C)N[C@H](C)c1ccc(Cl)c(Cl)c1. The van der Waals surface area contributed by atoms with E-state index in [1.165, 1.54) is 0 Å². The summed E-state index contributed by atoms with van der Waals surface area (Å²) in [5, 5.41) is 4.62. The highest BCUT2D eigenvalue weighted by Gasteiger charge is 2.07. The Labute approximate surface area is 95.4 Å². The molecule has 3 heteroatoms. The molecule has 0 unspecified atom stereocenters. The van der Waals surface area contributed by atoms with Crippen molar-refractivity contribution in [3.63, 3.8) is 0 Å². The maximum absolute atomic E-state index is 5.93. The molecule has 1 rings (SSSR count). The fourth-order valence-electron chi connectivity index (χ4n) is 1.38. The first kappa shape index (κ1) is 11.8. The van der Waals surface area contributed by atoms with Crippen LogP contribution in [0.25, 0.3) is 0 Å². The fourth-order valence-corrected chi connectivity index (χ4v) is 1.68. The van der Waals surface area contributed by atoms with Crippen LogP contribution < -0.4 is 5.32 Å². The molecule has 0 aliphatic heterocycles. The van der Waals surface area contributed by atoms with Gasteiger partial charge in [-0.25, -0.2) is 0 Å². The van der Waals surface area contributed by atoms with Crippen molar-refractivity contribution in [2.24, 2.45) is 0 Å². The minimum Gasteiger partial charge on any atom is -0.308 e. The van der Waals surface area contributed by atoms with Crippen molar-refractivity contribution in [2.45, 2.75) is 32.9 Å². The Morgan fingerprint density at radius 3 is 2.21 bits per heavy atom. The van der Waals surface area contributed by atoms with E-state index in [9.17, 15) is 0 Å². The number of hydrogen-bond acceptors (Lipinski definition) is 1. The normalized spacial score (nSPS) is 13.3. The number of benzene rings is 1. The van der Waals surface area contributed by atoms with Crippen LogP contribution in [-0.2, 0) is 0 Å². The zero-order valence-corrected chi connectivity index (χ0v) is 10.2. The third kappa shape index (κ3) is 3.16. The van der Waals surface area contributed by atoms with Crippen LogP contribution in [0.2, 0.25) is 10.0 Å². The van der Waals surface area contributed by atoms with Crippen molar-refractivity contribution in [1.82, 2.24) is 5.32 Å². The van der Waals surface area contributed by atoms with Gasteiger partial charge < -0.3 is 5.32 Å². The standard InChI is InChI=1S/C11H15Cl2N/c1-7(2)14-8(3)9-4-5-10(12)11(13)6-9/h4-8,14H,1-3H3/t8-/m1/s1. The van der Waals surface area contributed by atoms with Crippen molar-refractivity contribution in [3.05, 3.63) is 33.8 Å². The summed E-state index contributed by atoms with van der Waals surface area (Å²) in [6, 6.07) is 6.49. The third-order valence-corrected chi connectivity index (χ3v) is 2.77. The highest BCUT2D eigenvalue weighted by Crippen LogP contribution is 2.25. The van der Waals surface area contributed by atoms with Gasteiger partial charge in [0.2, 0.25) is 0 Å². The van der Waals surface area contributed by atoms with Crippen LogP contribution in [-0.4, -0.2) is 6.04 Å². The highest BCUT2D eigenvalue weighted by atomic mass is 35.5. The van der Waals surface area contributed by atoms with Gasteiger partial charge in [-0.1, -0.05) is 43.1 Å². The molecule has 0 saturated carbocycles. The van der Waals surface area contributed by atoms with E-state index in [0.717, 1.165) is 5.56 Å². The van der Waals surface area contributed by atoms with Crippen molar-refractivity contribution in [3.8, 4) is 0 Å². The lowest BCUT2D eigenvalue weighted by Crippen LogP contribution is -2.25. The molecule has 0 aliphatic rings. The highest BCUT2D eigenvalue weighted by molar-refractivity contribution is 6.42.